The summed E-state index contributed by atoms with van der Waals surface area (Å²) in [7, 11) is 0. The van der Waals surface area contributed by atoms with E-state index in [1.807, 2.05) is 25.1 Å². The molecule has 0 bridgehead atoms. The first-order valence-electron chi connectivity index (χ1n) is 9.35. The average Bonchev–Trinajstić information content (AvgIpc) is 3.34. The molecule has 26 heavy (non-hydrogen) atoms. The van der Waals surface area contributed by atoms with Crippen molar-refractivity contribution < 1.29 is 14.1 Å². The maximum atomic E-state index is 12.4. The van der Waals surface area contributed by atoms with E-state index in [-0.39, 0.29) is 5.91 Å². The summed E-state index contributed by atoms with van der Waals surface area (Å²) in [6, 6.07) is 10.1. The van der Waals surface area contributed by atoms with Gasteiger partial charge in [0, 0.05) is 36.8 Å². The number of aryl methyl sites for hydroxylation is 1. The van der Waals surface area contributed by atoms with Gasteiger partial charge >= 0.3 is 0 Å². The monoisotopic (exact) mass is 355 g/mol. The second kappa shape index (κ2) is 7.60. The highest BCUT2D eigenvalue weighted by molar-refractivity contribution is 6.03. The Morgan fingerprint density at radius 1 is 1.27 bits per heavy atom. The molecule has 2 heterocycles. The number of ether oxygens (including phenoxy) is 1. The molecular weight excluding hydrogens is 330 g/mol. The lowest BCUT2D eigenvalue weighted by Crippen LogP contribution is -2.29. The molecule has 1 aromatic carbocycles. The van der Waals surface area contributed by atoms with Gasteiger partial charge in [0.15, 0.2) is 0 Å². The van der Waals surface area contributed by atoms with Crippen LogP contribution in [-0.4, -0.2) is 36.9 Å². The smallest absolute Gasteiger partial charge is 0.258 e. The number of nitrogens with one attached hydrogen (secondary N) is 2. The van der Waals surface area contributed by atoms with E-state index < -0.39 is 0 Å². The second-order valence-electron chi connectivity index (χ2n) is 7.32. The van der Waals surface area contributed by atoms with Gasteiger partial charge in [-0.25, -0.2) is 0 Å². The topological polar surface area (TPSA) is 76.4 Å². The average molecular weight is 355 g/mol. The third-order valence-electron chi connectivity index (χ3n) is 5.24. The summed E-state index contributed by atoms with van der Waals surface area (Å²) in [6.07, 6.45) is 3.44. The maximum absolute atomic E-state index is 12.4. The Kier molecular flexibility index (Phi) is 5.04. The molecule has 1 aliphatic carbocycles. The molecule has 2 aromatic rings. The zero-order valence-electron chi connectivity index (χ0n) is 15.0. The Morgan fingerprint density at radius 3 is 2.88 bits per heavy atom. The molecule has 1 saturated heterocycles. The molecule has 2 fully saturated rings. The fourth-order valence-corrected chi connectivity index (χ4v) is 3.57. The second-order valence-corrected chi connectivity index (χ2v) is 7.32. The lowest BCUT2D eigenvalue weighted by atomic mass is 10.0. The van der Waals surface area contributed by atoms with Crippen molar-refractivity contribution in [3.8, 4) is 0 Å². The van der Waals surface area contributed by atoms with Crippen LogP contribution < -0.4 is 10.6 Å². The van der Waals surface area contributed by atoms with Crippen molar-refractivity contribution in [2.45, 2.75) is 38.1 Å². The van der Waals surface area contributed by atoms with Crippen LogP contribution in [0.4, 0.5) is 5.88 Å². The van der Waals surface area contributed by atoms with Gasteiger partial charge in [0.2, 0.25) is 5.88 Å². The Balaban J connectivity index is 1.32. The molecule has 2 N–H and O–H groups in total. The lowest BCUT2D eigenvalue weighted by molar-refractivity contribution is 0.0662. The molecule has 138 valence electrons. The van der Waals surface area contributed by atoms with Crippen LogP contribution in [0.5, 0.6) is 0 Å². The van der Waals surface area contributed by atoms with E-state index in [0.717, 1.165) is 50.6 Å². The molecule has 2 aliphatic rings. The largest absolute Gasteiger partial charge is 0.381 e. The van der Waals surface area contributed by atoms with Crippen molar-refractivity contribution in [3.63, 3.8) is 0 Å². The van der Waals surface area contributed by atoms with Gasteiger partial charge in [0.1, 0.15) is 0 Å². The molecule has 0 radical (unpaired) electrons. The summed E-state index contributed by atoms with van der Waals surface area (Å²) in [5, 5.41) is 10.2. The number of rotatable bonds is 6. The molecule has 1 aromatic heterocycles. The number of hydrogen-bond acceptors (Lipinski definition) is 5. The minimum Gasteiger partial charge on any atom is -0.381 e. The SMILES string of the molecule is Cc1cc(NC(=O)c2cccc(C3CC3NCC3CCOCC3)c2)on1. The minimum atomic E-state index is -0.171. The molecular formula is C20H25N3O3. The van der Waals surface area contributed by atoms with Gasteiger partial charge in [-0.2, -0.15) is 0 Å². The summed E-state index contributed by atoms with van der Waals surface area (Å²) >= 11 is 0. The number of amides is 1. The third-order valence-corrected chi connectivity index (χ3v) is 5.24. The number of carbonyl (C=O) groups excluding carboxylic acids is 1. The highest BCUT2D eigenvalue weighted by Crippen LogP contribution is 2.41. The van der Waals surface area contributed by atoms with Crippen LogP contribution in [-0.2, 0) is 4.74 Å². The molecule has 1 saturated carbocycles. The van der Waals surface area contributed by atoms with Gasteiger partial charge < -0.3 is 14.6 Å². The standard InChI is InChI=1S/C20H25N3O3/c1-13-9-19(26-23-13)22-20(24)16-4-2-3-15(10-16)17-11-18(17)21-12-14-5-7-25-8-6-14/h2-4,9-10,14,17-18,21H,5-8,11-12H2,1H3,(H,22,24). The summed E-state index contributed by atoms with van der Waals surface area (Å²) in [5.41, 5.74) is 2.60. The molecule has 0 spiro atoms. The zero-order chi connectivity index (χ0) is 17.9. The van der Waals surface area contributed by atoms with Crippen molar-refractivity contribution in [2.75, 3.05) is 25.1 Å². The highest BCUT2D eigenvalue weighted by Gasteiger charge is 2.38. The van der Waals surface area contributed by atoms with Crippen molar-refractivity contribution in [2.24, 2.45) is 5.92 Å². The van der Waals surface area contributed by atoms with E-state index in [9.17, 15) is 4.79 Å². The van der Waals surface area contributed by atoms with Crippen molar-refractivity contribution >= 4 is 11.8 Å². The van der Waals surface area contributed by atoms with E-state index in [1.165, 1.54) is 5.56 Å². The highest BCUT2D eigenvalue weighted by atomic mass is 16.5. The van der Waals surface area contributed by atoms with Crippen LogP contribution in [0.25, 0.3) is 0 Å². The summed E-state index contributed by atoms with van der Waals surface area (Å²) in [4.78, 5) is 12.4. The van der Waals surface area contributed by atoms with E-state index >= 15 is 0 Å². The van der Waals surface area contributed by atoms with Crippen molar-refractivity contribution in [1.82, 2.24) is 10.5 Å². The van der Waals surface area contributed by atoms with Gasteiger partial charge in [-0.1, -0.05) is 17.3 Å². The number of hydrogen-bond donors (Lipinski definition) is 2. The van der Waals surface area contributed by atoms with Crippen LogP contribution in [0.15, 0.2) is 34.9 Å². The van der Waals surface area contributed by atoms with E-state index in [0.29, 0.717) is 23.4 Å². The Hall–Kier alpha value is -2.18. The first kappa shape index (κ1) is 17.2. The lowest BCUT2D eigenvalue weighted by Gasteiger charge is -2.22. The van der Waals surface area contributed by atoms with Crippen LogP contribution in [0.2, 0.25) is 0 Å². The zero-order valence-corrected chi connectivity index (χ0v) is 15.0. The molecule has 2 atom stereocenters. The normalized spacial score (nSPS) is 23.0. The van der Waals surface area contributed by atoms with Crippen LogP contribution in [0, 0.1) is 12.8 Å². The number of anilines is 1. The quantitative estimate of drug-likeness (QED) is 0.833. The fraction of sp³-hybridized carbons (Fsp3) is 0.500. The predicted molar refractivity (Wildman–Crippen MR) is 98.3 cm³/mol. The van der Waals surface area contributed by atoms with Crippen LogP contribution in [0.1, 0.15) is 46.8 Å². The number of aromatic nitrogens is 1. The van der Waals surface area contributed by atoms with Gasteiger partial charge in [-0.05, 0) is 56.3 Å². The number of carbonyl (C=O) groups is 1. The Bertz CT molecular complexity index is 767. The summed E-state index contributed by atoms with van der Waals surface area (Å²) < 4.78 is 10.5. The molecule has 6 heteroatoms. The number of benzene rings is 1. The van der Waals surface area contributed by atoms with Crippen molar-refractivity contribution in [3.05, 3.63) is 47.2 Å². The van der Waals surface area contributed by atoms with E-state index in [2.05, 4.69) is 21.9 Å². The minimum absolute atomic E-state index is 0.171. The maximum Gasteiger partial charge on any atom is 0.258 e. The number of nitrogens with zero attached hydrogens (tertiary/aromatic N) is 1. The van der Waals surface area contributed by atoms with Crippen LogP contribution in [0.3, 0.4) is 0 Å². The Labute approximate surface area is 153 Å². The molecule has 2 unspecified atom stereocenters. The predicted octanol–water partition coefficient (Wildman–Crippen LogP) is 3.11. The molecule has 6 nitrogen and oxygen atoms in total. The fourth-order valence-electron chi connectivity index (χ4n) is 3.57. The first-order valence-corrected chi connectivity index (χ1v) is 9.35. The van der Waals surface area contributed by atoms with E-state index in [1.54, 1.807) is 6.07 Å². The molecule has 1 amide bonds. The van der Waals surface area contributed by atoms with Crippen molar-refractivity contribution in [1.29, 1.82) is 0 Å². The molecule has 1 aliphatic heterocycles. The van der Waals surface area contributed by atoms with Gasteiger partial charge in [0.25, 0.3) is 5.91 Å². The van der Waals surface area contributed by atoms with Gasteiger partial charge in [0.05, 0.1) is 5.69 Å². The van der Waals surface area contributed by atoms with Gasteiger partial charge in [-0.15, -0.1) is 0 Å². The first-order chi connectivity index (χ1) is 12.7. The van der Waals surface area contributed by atoms with Crippen LogP contribution >= 0.6 is 0 Å². The Morgan fingerprint density at radius 2 is 2.12 bits per heavy atom. The van der Waals surface area contributed by atoms with Gasteiger partial charge in [-0.3, -0.25) is 10.1 Å². The van der Waals surface area contributed by atoms with E-state index in [4.69, 9.17) is 9.26 Å². The third kappa shape index (κ3) is 4.14. The molecule has 4 rings (SSSR count). The summed E-state index contributed by atoms with van der Waals surface area (Å²) in [6.45, 7) is 4.67. The summed E-state index contributed by atoms with van der Waals surface area (Å²) in [5.74, 6) is 1.43.